The van der Waals surface area contributed by atoms with Gasteiger partial charge in [-0.15, -0.1) is 0 Å². The second-order valence-electron chi connectivity index (χ2n) is 8.24. The number of anilines is 2. The number of amides is 2. The molecule has 1 atom stereocenters. The number of ether oxygens (including phenoxy) is 1. The quantitative estimate of drug-likeness (QED) is 0.390. The fourth-order valence-electron chi connectivity index (χ4n) is 4.57. The van der Waals surface area contributed by atoms with Crippen LogP contribution in [0.1, 0.15) is 22.1 Å². The molecule has 6 rings (SSSR count). The number of nitrogens with one attached hydrogen (secondary N) is 2. The molecule has 0 spiro atoms. The minimum Gasteiger partial charge on any atom is -0.497 e. The van der Waals surface area contributed by atoms with Crippen molar-refractivity contribution >= 4 is 45.0 Å². The van der Waals surface area contributed by atoms with Crippen molar-refractivity contribution in [2.45, 2.75) is 6.04 Å². The molecule has 172 valence electrons. The first-order valence-electron chi connectivity index (χ1n) is 11.0. The van der Waals surface area contributed by atoms with Gasteiger partial charge in [0.2, 0.25) is 0 Å². The Balaban J connectivity index is 1.39. The number of hydrogen-bond acceptors (Lipinski definition) is 4. The summed E-state index contributed by atoms with van der Waals surface area (Å²) in [5.41, 5.74) is 3.01. The van der Waals surface area contributed by atoms with Crippen molar-refractivity contribution in [1.82, 2.24) is 15.3 Å². The molecule has 35 heavy (non-hydrogen) atoms. The van der Waals surface area contributed by atoms with Gasteiger partial charge in [-0.3, -0.25) is 14.5 Å². The Morgan fingerprint density at radius 1 is 1.00 bits per heavy atom. The van der Waals surface area contributed by atoms with E-state index >= 15 is 0 Å². The van der Waals surface area contributed by atoms with Crippen LogP contribution in [0.25, 0.3) is 21.8 Å². The van der Waals surface area contributed by atoms with Gasteiger partial charge in [0.05, 0.1) is 30.2 Å². The van der Waals surface area contributed by atoms with Crippen LogP contribution >= 0.6 is 0 Å². The van der Waals surface area contributed by atoms with Crippen LogP contribution in [0.15, 0.2) is 79.0 Å². The number of fused-ring (bicyclic) bond motifs is 4. The minimum atomic E-state index is -1.01. The van der Waals surface area contributed by atoms with Gasteiger partial charge in [0, 0.05) is 27.9 Å². The predicted octanol–water partition coefficient (Wildman–Crippen LogP) is 5.01. The lowest BCUT2D eigenvalue weighted by atomic mass is 10.1. The molecule has 5 aromatic rings. The van der Waals surface area contributed by atoms with Crippen LogP contribution in [0, 0.1) is 5.82 Å². The van der Waals surface area contributed by atoms with E-state index in [0.717, 1.165) is 21.8 Å². The molecular formula is C27H19FN4O3. The number of H-pyrrole nitrogens is 1. The highest BCUT2D eigenvalue weighted by Gasteiger charge is 2.40. The van der Waals surface area contributed by atoms with Crippen molar-refractivity contribution in [2.75, 3.05) is 12.0 Å². The van der Waals surface area contributed by atoms with Gasteiger partial charge in [-0.05, 0) is 30.3 Å². The van der Waals surface area contributed by atoms with Gasteiger partial charge in [0.1, 0.15) is 23.3 Å². The summed E-state index contributed by atoms with van der Waals surface area (Å²) in [7, 11) is 1.51. The Bertz CT molecular complexity index is 1640. The van der Waals surface area contributed by atoms with E-state index in [4.69, 9.17) is 4.74 Å². The molecule has 1 aliphatic rings. The van der Waals surface area contributed by atoms with Crippen molar-refractivity contribution in [3.05, 3.63) is 96.1 Å². The third-order valence-electron chi connectivity index (χ3n) is 6.25. The van der Waals surface area contributed by atoms with Crippen molar-refractivity contribution in [3.8, 4) is 5.75 Å². The normalized spacial score (nSPS) is 15.0. The molecule has 0 saturated carbocycles. The molecule has 3 heterocycles. The van der Waals surface area contributed by atoms with E-state index in [1.54, 1.807) is 42.6 Å². The van der Waals surface area contributed by atoms with Crippen molar-refractivity contribution in [1.29, 1.82) is 0 Å². The summed E-state index contributed by atoms with van der Waals surface area (Å²) in [6.07, 6.45) is 1.60. The maximum atomic E-state index is 14.7. The lowest BCUT2D eigenvalue weighted by Gasteiger charge is -2.19. The number of nitrogens with zero attached hydrogens (tertiary/aromatic N) is 2. The van der Waals surface area contributed by atoms with Gasteiger partial charge in [-0.1, -0.05) is 36.4 Å². The first-order valence-corrected chi connectivity index (χ1v) is 11.0. The molecule has 1 unspecified atom stereocenters. The third-order valence-corrected chi connectivity index (χ3v) is 6.25. The standard InChI is InChI=1S/C27H19FN4O3/c1-35-15-10-11-17-24(12-15)32(23-9-5-3-7-19(23)28)27(34)25(17)31-26(33)21-13-18-16-6-2-4-8-20(16)30-22(18)14-29-21/h2-14,25,30H,1H3,(H,31,33). The number of carbonyl (C=O) groups excluding carboxylic acids is 2. The fraction of sp³-hybridized carbons (Fsp3) is 0.0741. The summed E-state index contributed by atoms with van der Waals surface area (Å²) in [5, 5.41) is 4.63. The third kappa shape index (κ3) is 3.30. The van der Waals surface area contributed by atoms with Crippen molar-refractivity contribution in [2.24, 2.45) is 0 Å². The molecular weight excluding hydrogens is 447 g/mol. The van der Waals surface area contributed by atoms with Gasteiger partial charge >= 0.3 is 0 Å². The van der Waals surface area contributed by atoms with Gasteiger partial charge in [-0.2, -0.15) is 0 Å². The van der Waals surface area contributed by atoms with Gasteiger partial charge in [0.15, 0.2) is 0 Å². The highest BCUT2D eigenvalue weighted by molar-refractivity contribution is 6.13. The average molecular weight is 466 g/mol. The van der Waals surface area contributed by atoms with E-state index in [9.17, 15) is 14.0 Å². The Labute approximate surface area is 199 Å². The van der Waals surface area contributed by atoms with Gasteiger partial charge in [-0.25, -0.2) is 9.37 Å². The molecule has 8 heteroatoms. The molecule has 0 aliphatic carbocycles. The molecule has 0 saturated heterocycles. The number of halogens is 1. The van der Waals surface area contributed by atoms with E-state index in [1.165, 1.54) is 24.1 Å². The van der Waals surface area contributed by atoms with Gasteiger partial charge < -0.3 is 15.0 Å². The number of benzene rings is 3. The van der Waals surface area contributed by atoms with Crippen LogP contribution in [0.4, 0.5) is 15.8 Å². The van der Waals surface area contributed by atoms with Crippen LogP contribution in [-0.4, -0.2) is 28.9 Å². The van der Waals surface area contributed by atoms with Crippen molar-refractivity contribution in [3.63, 3.8) is 0 Å². The highest BCUT2D eigenvalue weighted by atomic mass is 19.1. The first-order chi connectivity index (χ1) is 17.0. The molecule has 0 fully saturated rings. The summed E-state index contributed by atoms with van der Waals surface area (Å²) < 4.78 is 20.0. The number of para-hydroxylation sites is 2. The van der Waals surface area contributed by atoms with Crippen LogP contribution < -0.4 is 15.0 Å². The summed E-state index contributed by atoms with van der Waals surface area (Å²) in [6.45, 7) is 0. The van der Waals surface area contributed by atoms with Gasteiger partial charge in [0.25, 0.3) is 11.8 Å². The first kappa shape index (κ1) is 20.9. The Kier molecular flexibility index (Phi) is 4.74. The van der Waals surface area contributed by atoms with E-state index in [1.807, 2.05) is 24.3 Å². The maximum Gasteiger partial charge on any atom is 0.270 e. The number of carbonyl (C=O) groups is 2. The van der Waals surface area contributed by atoms with E-state index < -0.39 is 23.7 Å². The number of aromatic amines is 1. The van der Waals surface area contributed by atoms with Crippen LogP contribution in [0.3, 0.4) is 0 Å². The number of rotatable bonds is 4. The highest BCUT2D eigenvalue weighted by Crippen LogP contribution is 2.43. The zero-order chi connectivity index (χ0) is 24.1. The van der Waals surface area contributed by atoms with E-state index in [-0.39, 0.29) is 11.4 Å². The molecule has 2 aromatic heterocycles. The summed E-state index contributed by atoms with van der Waals surface area (Å²) in [6, 6.07) is 19.5. The van der Waals surface area contributed by atoms with Crippen LogP contribution in [0.2, 0.25) is 0 Å². The predicted molar refractivity (Wildman–Crippen MR) is 130 cm³/mol. The molecule has 1 aliphatic heterocycles. The lowest BCUT2D eigenvalue weighted by Crippen LogP contribution is -2.36. The smallest absolute Gasteiger partial charge is 0.270 e. The molecule has 0 bridgehead atoms. The Morgan fingerprint density at radius 3 is 2.63 bits per heavy atom. The summed E-state index contributed by atoms with van der Waals surface area (Å²) in [5.74, 6) is -1.02. The summed E-state index contributed by atoms with van der Waals surface area (Å²) in [4.78, 5) is 35.6. The Hall–Kier alpha value is -4.72. The van der Waals surface area contributed by atoms with E-state index in [0.29, 0.717) is 17.0 Å². The largest absolute Gasteiger partial charge is 0.497 e. The lowest BCUT2D eigenvalue weighted by molar-refractivity contribution is -0.119. The van der Waals surface area contributed by atoms with E-state index in [2.05, 4.69) is 15.3 Å². The number of pyridine rings is 1. The monoisotopic (exact) mass is 466 g/mol. The Morgan fingerprint density at radius 2 is 1.80 bits per heavy atom. The molecule has 7 nitrogen and oxygen atoms in total. The van der Waals surface area contributed by atoms with Crippen LogP contribution in [0.5, 0.6) is 5.75 Å². The SMILES string of the molecule is COc1ccc2c(c1)N(c1ccccc1F)C(=O)C2NC(=O)c1cc2c(cn1)[nH]c1ccccc12. The zero-order valence-corrected chi connectivity index (χ0v) is 18.6. The fourth-order valence-corrected chi connectivity index (χ4v) is 4.57. The minimum absolute atomic E-state index is 0.0992. The number of methoxy groups -OCH3 is 1. The second kappa shape index (κ2) is 7.95. The average Bonchev–Trinajstić information content (AvgIpc) is 3.38. The van der Waals surface area contributed by atoms with Crippen molar-refractivity contribution < 1.29 is 18.7 Å². The number of hydrogen-bond donors (Lipinski definition) is 2. The second-order valence-corrected chi connectivity index (χ2v) is 8.24. The number of aromatic nitrogens is 2. The molecule has 2 N–H and O–H groups in total. The molecule has 2 amide bonds. The zero-order valence-electron chi connectivity index (χ0n) is 18.6. The van der Waals surface area contributed by atoms with Crippen LogP contribution in [-0.2, 0) is 4.79 Å². The maximum absolute atomic E-state index is 14.7. The molecule has 0 radical (unpaired) electrons. The summed E-state index contributed by atoms with van der Waals surface area (Å²) >= 11 is 0. The topological polar surface area (TPSA) is 87.3 Å². The molecule has 3 aromatic carbocycles.